The molecule has 4 aliphatic rings. The number of carbonyl (C=O) groups excluding carboxylic acids is 2. The molecule has 1 aromatic rings. The van der Waals surface area contributed by atoms with Gasteiger partial charge in [0.15, 0.2) is 0 Å². The average molecular weight is 671 g/mol. The molecule has 0 spiro atoms. The number of ether oxygens (including phenoxy) is 1. The number of carboxylic acid groups (broad SMARTS) is 1. The first-order valence-electron chi connectivity index (χ1n) is 18.4. The molecule has 2 amide bonds. The Labute approximate surface area is 285 Å². The summed E-state index contributed by atoms with van der Waals surface area (Å²) < 4.78 is 5.19. The molecule has 0 heterocycles. The van der Waals surface area contributed by atoms with Crippen LogP contribution in [0.2, 0.25) is 0 Å². The molecule has 4 unspecified atom stereocenters. The van der Waals surface area contributed by atoms with Crippen LogP contribution in [0.5, 0.6) is 0 Å². The van der Waals surface area contributed by atoms with Gasteiger partial charge in [-0.1, -0.05) is 51.1 Å². The lowest BCUT2D eigenvalue weighted by Gasteiger charge is -2.63. The molecule has 0 radical (unpaired) electrons. The van der Waals surface area contributed by atoms with E-state index in [1.807, 2.05) is 30.3 Å². The Bertz CT molecular complexity index is 1260. The van der Waals surface area contributed by atoms with Crippen molar-refractivity contribution in [2.24, 2.45) is 46.3 Å². The first-order valence-corrected chi connectivity index (χ1v) is 18.4. The molecule has 10 heteroatoms. The molecule has 4 fully saturated rings. The number of aliphatic carboxylic acids is 1. The van der Waals surface area contributed by atoms with Gasteiger partial charge in [-0.3, -0.25) is 4.79 Å². The fourth-order valence-electron chi connectivity index (χ4n) is 10.7. The first-order chi connectivity index (χ1) is 22.8. The quantitative estimate of drug-likeness (QED) is 0.159. The molecule has 1 aromatic carbocycles. The van der Waals surface area contributed by atoms with Crippen LogP contribution in [0, 0.1) is 46.3 Å². The van der Waals surface area contributed by atoms with Crippen molar-refractivity contribution < 1.29 is 39.5 Å². The number of carbonyl (C=O) groups is 3. The summed E-state index contributed by atoms with van der Waals surface area (Å²) in [7, 11) is 0. The van der Waals surface area contributed by atoms with Gasteiger partial charge in [-0.05, 0) is 123 Å². The van der Waals surface area contributed by atoms with Gasteiger partial charge in [0.05, 0.1) is 18.3 Å². The summed E-state index contributed by atoms with van der Waals surface area (Å²) in [6, 6.07) is 8.38. The van der Waals surface area contributed by atoms with Crippen LogP contribution < -0.4 is 10.6 Å². The van der Waals surface area contributed by atoms with Crippen LogP contribution in [0.25, 0.3) is 0 Å². The topological polar surface area (TPSA) is 165 Å². The molecule has 0 aliphatic heterocycles. The number of rotatable bonds is 13. The smallest absolute Gasteiger partial charge is 0.407 e. The van der Waals surface area contributed by atoms with Gasteiger partial charge >= 0.3 is 12.1 Å². The lowest BCUT2D eigenvalue weighted by Crippen LogP contribution is -2.62. The molecule has 48 heavy (non-hydrogen) atoms. The van der Waals surface area contributed by atoms with Crippen LogP contribution in [0.4, 0.5) is 4.79 Å². The van der Waals surface area contributed by atoms with Gasteiger partial charge in [0.25, 0.3) is 0 Å². The SMILES string of the molecule is C[C@H](CCC(=O)NC(CCCCNC(=O)OCc1ccccc1)C(=O)O)[C@H]1CCC2[C@@H]3[C@H](O)CC4C[C@H](O)CCC4(C)[C@H]3C[C@H](O)[C@@]21C. The number of alkyl carbamates (subject to hydrolysis) is 1. The summed E-state index contributed by atoms with van der Waals surface area (Å²) in [4.78, 5) is 36.8. The Hall–Kier alpha value is -2.69. The second-order valence-electron chi connectivity index (χ2n) is 16.0. The van der Waals surface area contributed by atoms with Crippen LogP contribution in [0.1, 0.15) is 103 Å². The molecule has 10 nitrogen and oxygen atoms in total. The van der Waals surface area contributed by atoms with E-state index in [0.29, 0.717) is 32.2 Å². The van der Waals surface area contributed by atoms with E-state index >= 15 is 0 Å². The van der Waals surface area contributed by atoms with Gasteiger partial charge in [0.2, 0.25) is 5.91 Å². The summed E-state index contributed by atoms with van der Waals surface area (Å²) in [5.41, 5.74) is 0.571. The monoisotopic (exact) mass is 670 g/mol. The van der Waals surface area contributed by atoms with E-state index in [0.717, 1.165) is 44.1 Å². The number of benzene rings is 1. The van der Waals surface area contributed by atoms with E-state index in [2.05, 4.69) is 31.4 Å². The standard InChI is InChI=1S/C38H58N2O8/c1-23(12-15-33(44)40-30(35(45)46)11-7-8-18-39-36(47)48-22-24-9-5-4-6-10-24)27-13-14-28-34-29(21-32(43)38(27,28)3)37(2)17-16-26(41)19-25(37)20-31(34)42/h4-6,9-10,23,25-32,34,41-43H,7-8,11-22H2,1-3H3,(H,39,47)(H,40,44)(H,45,46)/t23-,25?,26-,27-,28?,29+,30?,31-,32+,34+,37?,38-/m1/s1. The fourth-order valence-corrected chi connectivity index (χ4v) is 10.7. The minimum absolute atomic E-state index is 0.0266. The Kier molecular flexibility index (Phi) is 11.8. The minimum atomic E-state index is -1.08. The summed E-state index contributed by atoms with van der Waals surface area (Å²) in [6.45, 7) is 7.21. The Morgan fingerprint density at radius 2 is 1.71 bits per heavy atom. The average Bonchev–Trinajstić information content (AvgIpc) is 3.42. The predicted molar refractivity (Wildman–Crippen MR) is 180 cm³/mol. The number of nitrogens with one attached hydrogen (secondary N) is 2. The molecule has 4 saturated carbocycles. The molecular formula is C38H58N2O8. The maximum atomic E-state index is 12.9. The fraction of sp³-hybridized carbons (Fsp3) is 0.763. The second kappa shape index (κ2) is 15.5. The van der Waals surface area contributed by atoms with Crippen molar-refractivity contribution in [1.82, 2.24) is 10.6 Å². The molecular weight excluding hydrogens is 612 g/mol. The molecule has 268 valence electrons. The third-order valence-corrected chi connectivity index (χ3v) is 13.4. The number of aliphatic hydroxyl groups is 3. The number of unbranched alkanes of at least 4 members (excludes halogenated alkanes) is 1. The zero-order valence-corrected chi connectivity index (χ0v) is 29.0. The van der Waals surface area contributed by atoms with Gasteiger partial charge in [-0.15, -0.1) is 0 Å². The van der Waals surface area contributed by atoms with Gasteiger partial charge < -0.3 is 35.8 Å². The molecule has 0 aromatic heterocycles. The maximum Gasteiger partial charge on any atom is 0.407 e. The number of hydrogen-bond acceptors (Lipinski definition) is 7. The van der Waals surface area contributed by atoms with Crippen molar-refractivity contribution >= 4 is 18.0 Å². The lowest BCUT2D eigenvalue weighted by molar-refractivity contribution is -0.207. The maximum absolute atomic E-state index is 12.9. The normalized spacial score (nSPS) is 36.9. The molecule has 0 saturated heterocycles. The predicted octanol–water partition coefficient (Wildman–Crippen LogP) is 5.03. The van der Waals surface area contributed by atoms with Crippen LogP contribution in [0.3, 0.4) is 0 Å². The van der Waals surface area contributed by atoms with Gasteiger partial charge in [0, 0.05) is 13.0 Å². The molecule has 12 atom stereocenters. The van der Waals surface area contributed by atoms with Gasteiger partial charge in [-0.25, -0.2) is 9.59 Å². The molecule has 5 rings (SSSR count). The Morgan fingerprint density at radius 1 is 0.958 bits per heavy atom. The van der Waals surface area contributed by atoms with Crippen LogP contribution in [-0.2, 0) is 20.9 Å². The largest absolute Gasteiger partial charge is 0.480 e. The summed E-state index contributed by atoms with van der Waals surface area (Å²) in [5.74, 6) is -0.131. The van der Waals surface area contributed by atoms with Crippen LogP contribution in [-0.4, -0.2) is 69.3 Å². The highest BCUT2D eigenvalue weighted by atomic mass is 16.5. The molecule has 6 N–H and O–H groups in total. The summed E-state index contributed by atoms with van der Waals surface area (Å²) in [6.07, 6.45) is 6.17. The zero-order valence-electron chi connectivity index (χ0n) is 29.0. The van der Waals surface area contributed by atoms with Crippen molar-refractivity contribution in [2.75, 3.05) is 6.54 Å². The van der Waals surface area contributed by atoms with Crippen LogP contribution >= 0.6 is 0 Å². The van der Waals surface area contributed by atoms with Crippen molar-refractivity contribution in [1.29, 1.82) is 0 Å². The number of fused-ring (bicyclic) bond motifs is 5. The zero-order chi connectivity index (χ0) is 34.6. The summed E-state index contributed by atoms with van der Waals surface area (Å²) in [5, 5.41) is 48.8. The Balaban J connectivity index is 1.07. The highest BCUT2D eigenvalue weighted by molar-refractivity contribution is 5.83. The molecule has 4 aliphatic carbocycles. The highest BCUT2D eigenvalue weighted by Crippen LogP contribution is 2.68. The van der Waals surface area contributed by atoms with Crippen molar-refractivity contribution in [2.45, 2.75) is 129 Å². The lowest BCUT2D eigenvalue weighted by atomic mass is 9.43. The van der Waals surface area contributed by atoms with Crippen molar-refractivity contribution in [3.8, 4) is 0 Å². The van der Waals surface area contributed by atoms with E-state index in [1.165, 1.54) is 0 Å². The second-order valence-corrected chi connectivity index (χ2v) is 16.0. The number of amides is 2. The van der Waals surface area contributed by atoms with E-state index in [9.17, 15) is 34.8 Å². The van der Waals surface area contributed by atoms with E-state index in [-0.39, 0.29) is 77.8 Å². The van der Waals surface area contributed by atoms with E-state index < -0.39 is 30.3 Å². The first kappa shape index (κ1) is 36.6. The molecule has 0 bridgehead atoms. The number of hydrogen-bond donors (Lipinski definition) is 6. The van der Waals surface area contributed by atoms with Crippen LogP contribution in [0.15, 0.2) is 30.3 Å². The van der Waals surface area contributed by atoms with Crippen molar-refractivity contribution in [3.05, 3.63) is 35.9 Å². The van der Waals surface area contributed by atoms with Gasteiger partial charge in [0.1, 0.15) is 12.6 Å². The van der Waals surface area contributed by atoms with E-state index in [1.54, 1.807) is 0 Å². The minimum Gasteiger partial charge on any atom is -0.480 e. The number of carboxylic acids is 1. The summed E-state index contributed by atoms with van der Waals surface area (Å²) >= 11 is 0. The third-order valence-electron chi connectivity index (χ3n) is 13.4. The van der Waals surface area contributed by atoms with E-state index in [4.69, 9.17) is 4.74 Å². The highest BCUT2D eigenvalue weighted by Gasteiger charge is 2.65. The van der Waals surface area contributed by atoms with Crippen molar-refractivity contribution in [3.63, 3.8) is 0 Å². The number of aliphatic hydroxyl groups excluding tert-OH is 3. The Morgan fingerprint density at radius 3 is 2.44 bits per heavy atom. The third kappa shape index (κ3) is 7.71. The van der Waals surface area contributed by atoms with Gasteiger partial charge in [-0.2, -0.15) is 0 Å².